The number of carbonyl (C=O) groups excluding carboxylic acids is 1. The number of sulfonamides is 1. The van der Waals surface area contributed by atoms with Gasteiger partial charge in [0.15, 0.2) is 0 Å². The predicted octanol–water partition coefficient (Wildman–Crippen LogP) is 3.89. The minimum atomic E-state index is -3.53. The van der Waals surface area contributed by atoms with E-state index in [4.69, 9.17) is 11.6 Å². The first-order valence-electron chi connectivity index (χ1n) is 9.72. The summed E-state index contributed by atoms with van der Waals surface area (Å²) in [6, 6.07) is 6.20. The number of rotatable bonds is 5. The van der Waals surface area contributed by atoms with Crippen LogP contribution in [0.3, 0.4) is 0 Å². The average molecular weight is 411 g/mol. The number of carbonyl (C=O) groups is 1. The molecule has 4 fully saturated rings. The molecule has 0 saturated heterocycles. The van der Waals surface area contributed by atoms with Crippen LogP contribution in [-0.4, -0.2) is 25.2 Å². The predicted molar refractivity (Wildman–Crippen MR) is 106 cm³/mol. The fourth-order valence-electron chi connectivity index (χ4n) is 5.78. The molecule has 5 nitrogen and oxygen atoms in total. The van der Waals surface area contributed by atoms with Crippen molar-refractivity contribution in [2.75, 3.05) is 5.32 Å². The number of alkyl halides is 1. The molecule has 1 amide bonds. The van der Waals surface area contributed by atoms with Crippen molar-refractivity contribution in [1.29, 1.82) is 0 Å². The van der Waals surface area contributed by atoms with E-state index >= 15 is 0 Å². The van der Waals surface area contributed by atoms with Crippen LogP contribution in [0.25, 0.3) is 0 Å². The number of anilines is 1. The van der Waals surface area contributed by atoms with Gasteiger partial charge in [-0.15, -0.1) is 11.6 Å². The minimum Gasteiger partial charge on any atom is -0.326 e. The molecule has 4 saturated carbocycles. The van der Waals surface area contributed by atoms with E-state index < -0.39 is 10.0 Å². The summed E-state index contributed by atoms with van der Waals surface area (Å²) in [7, 11) is -3.53. The van der Waals surface area contributed by atoms with Crippen LogP contribution < -0.4 is 10.0 Å². The summed E-state index contributed by atoms with van der Waals surface area (Å²) in [5.41, 5.74) is 0.262. The lowest BCUT2D eigenvalue weighted by atomic mass is 9.49. The van der Waals surface area contributed by atoms with Gasteiger partial charge in [0.1, 0.15) is 0 Å². The van der Waals surface area contributed by atoms with E-state index in [9.17, 15) is 13.2 Å². The molecular weight excluding hydrogens is 384 g/mol. The number of halogens is 1. The Morgan fingerprint density at radius 1 is 1.11 bits per heavy atom. The SMILES string of the molecule is CC(C)NS(=O)(=O)c1ccc(NC(=O)C23CC4CC(CC(Cl)(C4)C2)C3)cc1. The maximum atomic E-state index is 13.1. The Morgan fingerprint density at radius 2 is 1.70 bits per heavy atom. The van der Waals surface area contributed by atoms with E-state index in [1.54, 1.807) is 26.0 Å². The van der Waals surface area contributed by atoms with Gasteiger partial charge in [-0.2, -0.15) is 0 Å². The topological polar surface area (TPSA) is 75.3 Å². The van der Waals surface area contributed by atoms with Crippen LogP contribution in [0.1, 0.15) is 52.4 Å². The summed E-state index contributed by atoms with van der Waals surface area (Å²) in [6.45, 7) is 3.56. The Hall–Kier alpha value is -1.11. The quantitative estimate of drug-likeness (QED) is 0.723. The fourth-order valence-corrected chi connectivity index (χ4v) is 7.72. The summed E-state index contributed by atoms with van der Waals surface area (Å²) >= 11 is 6.83. The second kappa shape index (κ2) is 6.46. The number of benzene rings is 1. The average Bonchev–Trinajstić information content (AvgIpc) is 2.51. The van der Waals surface area contributed by atoms with Crippen molar-refractivity contribution < 1.29 is 13.2 Å². The van der Waals surface area contributed by atoms with Crippen LogP contribution in [0, 0.1) is 17.3 Å². The van der Waals surface area contributed by atoms with Crippen LogP contribution in [-0.2, 0) is 14.8 Å². The van der Waals surface area contributed by atoms with Gasteiger partial charge >= 0.3 is 0 Å². The molecule has 27 heavy (non-hydrogen) atoms. The lowest BCUT2D eigenvalue weighted by molar-refractivity contribution is -0.138. The van der Waals surface area contributed by atoms with E-state index in [-0.39, 0.29) is 27.1 Å². The highest BCUT2D eigenvalue weighted by molar-refractivity contribution is 7.89. The molecule has 4 bridgehead atoms. The maximum absolute atomic E-state index is 13.1. The number of nitrogens with one attached hydrogen (secondary N) is 2. The third-order valence-corrected chi connectivity index (χ3v) is 8.40. The van der Waals surface area contributed by atoms with Gasteiger partial charge in [0.25, 0.3) is 0 Å². The lowest BCUT2D eigenvalue weighted by Crippen LogP contribution is -2.57. The zero-order chi connectivity index (χ0) is 19.4. The summed E-state index contributed by atoms with van der Waals surface area (Å²) in [4.78, 5) is 13.1. The third-order valence-electron chi connectivity index (χ3n) is 6.28. The van der Waals surface area contributed by atoms with E-state index in [0.29, 0.717) is 17.5 Å². The second-order valence-electron chi connectivity index (χ2n) is 9.15. The van der Waals surface area contributed by atoms with E-state index in [2.05, 4.69) is 10.0 Å². The number of hydrogen-bond acceptors (Lipinski definition) is 3. The van der Waals surface area contributed by atoms with Crippen molar-refractivity contribution in [1.82, 2.24) is 4.72 Å². The molecule has 7 heteroatoms. The highest BCUT2D eigenvalue weighted by Gasteiger charge is 2.60. The molecule has 1 aromatic carbocycles. The molecule has 148 valence electrons. The highest BCUT2D eigenvalue weighted by Crippen LogP contribution is 2.64. The summed E-state index contributed by atoms with van der Waals surface area (Å²) < 4.78 is 27.0. The molecule has 4 aliphatic carbocycles. The monoisotopic (exact) mass is 410 g/mol. The standard InChI is InChI=1S/C20H27ClN2O3S/c1-13(2)23-27(25,26)17-5-3-16(4-6-17)22-18(24)19-8-14-7-15(9-19)11-20(21,10-14)12-19/h3-6,13-15,23H,7-12H2,1-2H3,(H,22,24). The van der Waals surface area contributed by atoms with Crippen LogP contribution in [0.5, 0.6) is 0 Å². The zero-order valence-corrected chi connectivity index (χ0v) is 17.4. The van der Waals surface area contributed by atoms with Crippen molar-refractivity contribution in [3.05, 3.63) is 24.3 Å². The lowest BCUT2D eigenvalue weighted by Gasteiger charge is -2.59. The van der Waals surface area contributed by atoms with Crippen LogP contribution in [0.2, 0.25) is 0 Å². The summed E-state index contributed by atoms with van der Waals surface area (Å²) in [5.74, 6) is 1.16. The van der Waals surface area contributed by atoms with Gasteiger partial charge < -0.3 is 5.32 Å². The molecule has 2 unspecified atom stereocenters. The van der Waals surface area contributed by atoms with Gasteiger partial charge in [-0.05, 0) is 88.5 Å². The van der Waals surface area contributed by atoms with Crippen molar-refractivity contribution in [2.45, 2.75) is 68.2 Å². The van der Waals surface area contributed by atoms with Gasteiger partial charge in [-0.25, -0.2) is 13.1 Å². The Labute approximate surface area is 166 Å². The Morgan fingerprint density at radius 3 is 2.22 bits per heavy atom. The Balaban J connectivity index is 1.49. The second-order valence-corrected chi connectivity index (χ2v) is 11.7. The molecule has 0 aromatic heterocycles. The van der Waals surface area contributed by atoms with Crippen molar-refractivity contribution in [3.63, 3.8) is 0 Å². The van der Waals surface area contributed by atoms with Gasteiger partial charge in [0.2, 0.25) is 15.9 Å². The van der Waals surface area contributed by atoms with Gasteiger partial charge in [0, 0.05) is 16.6 Å². The van der Waals surface area contributed by atoms with Crippen molar-refractivity contribution in [3.8, 4) is 0 Å². The minimum absolute atomic E-state index is 0.0394. The first-order valence-corrected chi connectivity index (χ1v) is 11.6. The maximum Gasteiger partial charge on any atom is 0.240 e. The molecule has 2 N–H and O–H groups in total. The molecule has 0 spiro atoms. The van der Waals surface area contributed by atoms with Crippen LogP contribution in [0.15, 0.2) is 29.2 Å². The molecule has 4 aliphatic rings. The van der Waals surface area contributed by atoms with Gasteiger partial charge in [-0.1, -0.05) is 0 Å². The molecule has 1 aromatic rings. The molecule has 0 radical (unpaired) electrons. The van der Waals surface area contributed by atoms with E-state index in [0.717, 1.165) is 32.1 Å². The van der Waals surface area contributed by atoms with Crippen molar-refractivity contribution >= 4 is 33.2 Å². The van der Waals surface area contributed by atoms with Crippen LogP contribution in [0.4, 0.5) is 5.69 Å². The summed E-state index contributed by atoms with van der Waals surface area (Å²) in [6.07, 6.45) is 5.89. The van der Waals surface area contributed by atoms with Gasteiger partial charge in [0.05, 0.1) is 10.3 Å². The van der Waals surface area contributed by atoms with E-state index in [1.165, 1.54) is 18.6 Å². The molecule has 0 aliphatic heterocycles. The molecule has 5 rings (SSSR count). The van der Waals surface area contributed by atoms with Crippen LogP contribution >= 0.6 is 11.6 Å². The smallest absolute Gasteiger partial charge is 0.240 e. The first-order chi connectivity index (χ1) is 12.6. The number of amides is 1. The fraction of sp³-hybridized carbons (Fsp3) is 0.650. The molecule has 2 atom stereocenters. The normalized spacial score (nSPS) is 34.8. The molecule has 0 heterocycles. The van der Waals surface area contributed by atoms with Gasteiger partial charge in [-0.3, -0.25) is 4.79 Å². The summed E-state index contributed by atoms with van der Waals surface area (Å²) in [5, 5.41) is 3.02. The Bertz CT molecular complexity index is 836. The highest BCUT2D eigenvalue weighted by atomic mass is 35.5. The Kier molecular flexibility index (Phi) is 4.60. The number of hydrogen-bond donors (Lipinski definition) is 2. The zero-order valence-electron chi connectivity index (χ0n) is 15.8. The first kappa shape index (κ1) is 19.2. The van der Waals surface area contributed by atoms with Crippen molar-refractivity contribution in [2.24, 2.45) is 17.3 Å². The largest absolute Gasteiger partial charge is 0.326 e. The van der Waals surface area contributed by atoms with E-state index in [1.807, 2.05) is 0 Å². The molecular formula is C20H27ClN2O3S. The third kappa shape index (κ3) is 3.64.